The summed E-state index contributed by atoms with van der Waals surface area (Å²) in [6, 6.07) is 16.6. The largest absolute Gasteiger partial charge is 0.318 e. The molecule has 0 unspecified atom stereocenters. The monoisotopic (exact) mass is 436 g/mol. The molecule has 8 heteroatoms. The molecule has 7 nitrogen and oxygen atoms in total. The molecule has 1 amide bonds. The van der Waals surface area contributed by atoms with Crippen LogP contribution in [0.2, 0.25) is 0 Å². The highest BCUT2D eigenvalue weighted by molar-refractivity contribution is 7.99. The first-order valence-corrected chi connectivity index (χ1v) is 10.9. The maximum Gasteiger partial charge on any atom is 0.269 e. The molecule has 1 heterocycles. The molecule has 2 aromatic carbocycles. The van der Waals surface area contributed by atoms with Gasteiger partial charge in [-0.05, 0) is 44.0 Å². The van der Waals surface area contributed by atoms with Crippen molar-refractivity contribution in [2.75, 3.05) is 5.75 Å². The molecule has 0 radical (unpaired) electrons. The van der Waals surface area contributed by atoms with Gasteiger partial charge in [-0.1, -0.05) is 30.3 Å². The number of nitro benzene ring substituents is 1. The van der Waals surface area contributed by atoms with Gasteiger partial charge in [-0.3, -0.25) is 14.9 Å². The maximum absolute atomic E-state index is 12.0. The van der Waals surface area contributed by atoms with Crippen LogP contribution in [0, 0.1) is 30.9 Å². The Bertz CT molecular complexity index is 1120. The summed E-state index contributed by atoms with van der Waals surface area (Å²) in [5, 5.41) is 14.8. The first-order valence-electron chi connectivity index (χ1n) is 9.74. The lowest BCUT2D eigenvalue weighted by molar-refractivity contribution is -0.384. The minimum absolute atomic E-state index is 0.0580. The Morgan fingerprint density at radius 3 is 2.55 bits per heavy atom. The van der Waals surface area contributed by atoms with Crippen molar-refractivity contribution in [3.63, 3.8) is 0 Å². The molecule has 3 aromatic rings. The molecule has 0 atom stereocenters. The van der Waals surface area contributed by atoms with Crippen molar-refractivity contribution in [2.24, 2.45) is 5.10 Å². The smallest absolute Gasteiger partial charge is 0.269 e. The lowest BCUT2D eigenvalue weighted by Gasteiger charge is -2.12. The zero-order chi connectivity index (χ0) is 22.4. The third-order valence-corrected chi connectivity index (χ3v) is 5.87. The number of carbonyl (C=O) groups excluding carboxylic acids is 1. The SMILES string of the molecule is Cc1ccccc1-n1c(C)cc(/C=N/NC(=O)CSCc2ccc([N+](=O)[O-])cc2)c1C. The minimum atomic E-state index is -0.430. The van der Waals surface area contributed by atoms with Crippen molar-refractivity contribution in [2.45, 2.75) is 26.5 Å². The number of hydrogen-bond donors (Lipinski definition) is 1. The Hall–Kier alpha value is -3.39. The molecule has 0 saturated carbocycles. The van der Waals surface area contributed by atoms with Crippen LogP contribution in [0.1, 0.15) is 28.1 Å². The molecule has 0 aliphatic rings. The van der Waals surface area contributed by atoms with Crippen molar-refractivity contribution >= 4 is 29.6 Å². The quantitative estimate of drug-likeness (QED) is 0.315. The molecule has 0 saturated heterocycles. The summed E-state index contributed by atoms with van der Waals surface area (Å²) in [5.74, 6) is 0.638. The number of benzene rings is 2. The fourth-order valence-corrected chi connectivity index (χ4v) is 4.07. The second-order valence-corrected chi connectivity index (χ2v) is 8.14. The molecule has 160 valence electrons. The molecule has 3 rings (SSSR count). The van der Waals surface area contributed by atoms with Crippen LogP contribution in [0.15, 0.2) is 59.7 Å². The first-order chi connectivity index (χ1) is 14.9. The fraction of sp³-hybridized carbons (Fsp3) is 0.217. The van der Waals surface area contributed by atoms with Crippen molar-refractivity contribution in [3.8, 4) is 5.69 Å². The number of carbonyl (C=O) groups is 1. The van der Waals surface area contributed by atoms with Crippen molar-refractivity contribution in [1.82, 2.24) is 9.99 Å². The highest BCUT2D eigenvalue weighted by Crippen LogP contribution is 2.22. The molecule has 31 heavy (non-hydrogen) atoms. The predicted molar refractivity (Wildman–Crippen MR) is 125 cm³/mol. The van der Waals surface area contributed by atoms with E-state index in [1.54, 1.807) is 18.3 Å². The van der Waals surface area contributed by atoms with Gasteiger partial charge in [-0.25, -0.2) is 5.43 Å². The van der Waals surface area contributed by atoms with Crippen LogP contribution >= 0.6 is 11.8 Å². The summed E-state index contributed by atoms with van der Waals surface area (Å²) in [4.78, 5) is 22.3. The van der Waals surface area contributed by atoms with Crippen LogP contribution < -0.4 is 5.43 Å². The second-order valence-electron chi connectivity index (χ2n) is 7.16. The Balaban J connectivity index is 1.53. The number of nitro groups is 1. The van der Waals surface area contributed by atoms with Crippen molar-refractivity contribution in [3.05, 3.63) is 92.8 Å². The van der Waals surface area contributed by atoms with Crippen molar-refractivity contribution < 1.29 is 9.72 Å². The number of hydrogen-bond acceptors (Lipinski definition) is 5. The van der Waals surface area contributed by atoms with Gasteiger partial charge in [-0.2, -0.15) is 5.10 Å². The van der Waals surface area contributed by atoms with Gasteiger partial charge in [0.25, 0.3) is 5.69 Å². The lowest BCUT2D eigenvalue weighted by atomic mass is 10.2. The maximum atomic E-state index is 12.0. The summed E-state index contributed by atoms with van der Waals surface area (Å²) in [7, 11) is 0. The molecule has 0 bridgehead atoms. The van der Waals surface area contributed by atoms with Gasteiger partial charge >= 0.3 is 0 Å². The number of thioether (sulfide) groups is 1. The average molecular weight is 437 g/mol. The lowest BCUT2D eigenvalue weighted by Crippen LogP contribution is -2.19. The van der Waals surface area contributed by atoms with Crippen LogP contribution in [0.3, 0.4) is 0 Å². The van der Waals surface area contributed by atoms with Crippen LogP contribution in [-0.2, 0) is 10.5 Å². The van der Waals surface area contributed by atoms with E-state index in [1.807, 2.05) is 32.0 Å². The number of aryl methyl sites for hydroxylation is 2. The number of para-hydroxylation sites is 1. The molecular formula is C23H24N4O3S. The molecule has 0 aliphatic carbocycles. The molecular weight excluding hydrogens is 412 g/mol. The topological polar surface area (TPSA) is 89.5 Å². The number of non-ortho nitro benzene ring substituents is 1. The number of amides is 1. The number of hydrazone groups is 1. The number of nitrogens with one attached hydrogen (secondary N) is 1. The molecule has 0 spiro atoms. The van der Waals surface area contributed by atoms with E-state index in [-0.39, 0.29) is 17.3 Å². The standard InChI is InChI=1S/C23H24N4O3S/c1-16-6-4-5-7-22(16)26-17(2)12-20(18(26)3)13-24-25-23(28)15-31-14-19-8-10-21(11-9-19)27(29)30/h4-13H,14-15H2,1-3H3,(H,25,28)/b24-13+. The molecule has 0 aliphatic heterocycles. The van der Waals surface area contributed by atoms with Gasteiger partial charge < -0.3 is 4.57 Å². The van der Waals surface area contributed by atoms with E-state index in [0.29, 0.717) is 5.75 Å². The van der Waals surface area contributed by atoms with E-state index >= 15 is 0 Å². The molecule has 1 N–H and O–H groups in total. The first kappa shape index (κ1) is 22.3. The normalized spacial score (nSPS) is 11.1. The summed E-state index contributed by atoms with van der Waals surface area (Å²) < 4.78 is 2.18. The van der Waals surface area contributed by atoms with Crippen molar-refractivity contribution in [1.29, 1.82) is 0 Å². The minimum Gasteiger partial charge on any atom is -0.318 e. The Labute approximate surface area is 185 Å². The number of rotatable bonds is 8. The van der Waals surface area contributed by atoms with Gasteiger partial charge in [0, 0.05) is 40.5 Å². The van der Waals surface area contributed by atoms with Crippen LogP contribution in [0.4, 0.5) is 5.69 Å². The van der Waals surface area contributed by atoms with Gasteiger partial charge in [0.15, 0.2) is 0 Å². The molecule has 0 fully saturated rings. The summed E-state index contributed by atoms with van der Waals surface area (Å²) in [6.45, 7) is 6.16. The summed E-state index contributed by atoms with van der Waals surface area (Å²) >= 11 is 1.42. The van der Waals surface area contributed by atoms with E-state index in [2.05, 4.69) is 34.2 Å². The Kier molecular flexibility index (Phi) is 7.25. The Morgan fingerprint density at radius 2 is 1.87 bits per heavy atom. The highest BCUT2D eigenvalue weighted by atomic mass is 32.2. The highest BCUT2D eigenvalue weighted by Gasteiger charge is 2.11. The van der Waals surface area contributed by atoms with Gasteiger partial charge in [0.05, 0.1) is 16.9 Å². The second kappa shape index (κ2) is 10.1. The summed E-state index contributed by atoms with van der Waals surface area (Å²) in [5.41, 5.74) is 8.95. The van der Waals surface area contributed by atoms with Crippen LogP contribution in [-0.4, -0.2) is 27.4 Å². The average Bonchev–Trinajstić information content (AvgIpc) is 3.02. The third-order valence-electron chi connectivity index (χ3n) is 4.87. The molecule has 1 aromatic heterocycles. The Morgan fingerprint density at radius 1 is 1.16 bits per heavy atom. The van der Waals surface area contributed by atoms with Gasteiger partial charge in [0.2, 0.25) is 5.91 Å². The van der Waals surface area contributed by atoms with E-state index in [4.69, 9.17) is 0 Å². The van der Waals surface area contributed by atoms with Crippen LogP contribution in [0.5, 0.6) is 0 Å². The van der Waals surface area contributed by atoms with Crippen LogP contribution in [0.25, 0.3) is 5.69 Å². The van der Waals surface area contributed by atoms with Gasteiger partial charge in [-0.15, -0.1) is 11.8 Å². The summed E-state index contributed by atoms with van der Waals surface area (Å²) in [6.07, 6.45) is 1.66. The predicted octanol–water partition coefficient (Wildman–Crippen LogP) is 4.69. The number of aromatic nitrogens is 1. The van der Waals surface area contributed by atoms with Gasteiger partial charge in [0.1, 0.15) is 0 Å². The zero-order valence-corrected chi connectivity index (χ0v) is 18.5. The van der Waals surface area contributed by atoms with E-state index in [0.717, 1.165) is 28.2 Å². The fourth-order valence-electron chi connectivity index (χ4n) is 3.28. The van der Waals surface area contributed by atoms with E-state index in [1.165, 1.54) is 29.5 Å². The zero-order valence-electron chi connectivity index (χ0n) is 17.7. The van der Waals surface area contributed by atoms with E-state index in [9.17, 15) is 14.9 Å². The number of nitrogens with zero attached hydrogens (tertiary/aromatic N) is 3. The van der Waals surface area contributed by atoms with E-state index < -0.39 is 4.92 Å². The third kappa shape index (κ3) is 5.61.